The Bertz CT molecular complexity index is 756. The quantitative estimate of drug-likeness (QED) is 0.867. The van der Waals surface area contributed by atoms with E-state index in [1.165, 1.54) is 18.3 Å². The molecule has 2 aromatic heterocycles. The van der Waals surface area contributed by atoms with Crippen molar-refractivity contribution in [1.82, 2.24) is 14.9 Å². The molecule has 0 radical (unpaired) electrons. The lowest BCUT2D eigenvalue weighted by Gasteiger charge is -2.37. The van der Waals surface area contributed by atoms with E-state index < -0.39 is 0 Å². The van der Waals surface area contributed by atoms with Crippen LogP contribution < -0.4 is 10.1 Å². The summed E-state index contributed by atoms with van der Waals surface area (Å²) in [5.41, 5.74) is 1.97. The number of nitrogens with one attached hydrogen (secondary N) is 1. The Morgan fingerprint density at radius 3 is 2.77 bits per heavy atom. The summed E-state index contributed by atoms with van der Waals surface area (Å²) < 4.78 is 6.24. The molecule has 6 nitrogen and oxygen atoms in total. The van der Waals surface area contributed by atoms with Crippen molar-refractivity contribution in [2.24, 2.45) is 0 Å². The Morgan fingerprint density at radius 1 is 1.35 bits per heavy atom. The molecule has 0 unspecified atom stereocenters. The van der Waals surface area contributed by atoms with E-state index in [9.17, 15) is 4.79 Å². The molecule has 1 N–H and O–H groups in total. The number of rotatable bonds is 5. The third kappa shape index (κ3) is 5.02. The lowest BCUT2D eigenvalue weighted by Crippen LogP contribution is -2.45. The molecule has 0 spiro atoms. The molecule has 3 heterocycles. The summed E-state index contributed by atoms with van der Waals surface area (Å²) in [5, 5.41) is 3.40. The van der Waals surface area contributed by atoms with Crippen molar-refractivity contribution >= 4 is 22.4 Å². The van der Waals surface area contributed by atoms with Crippen molar-refractivity contribution in [3.8, 4) is 5.75 Å². The summed E-state index contributed by atoms with van der Waals surface area (Å²) in [6.45, 7) is 9.45. The Labute approximate surface area is 158 Å². The van der Waals surface area contributed by atoms with Gasteiger partial charge in [-0.2, -0.15) is 0 Å². The van der Waals surface area contributed by atoms with Gasteiger partial charge in [0.25, 0.3) is 0 Å². The van der Waals surface area contributed by atoms with E-state index in [1.54, 1.807) is 0 Å². The van der Waals surface area contributed by atoms with Gasteiger partial charge >= 0.3 is 0 Å². The first-order valence-corrected chi connectivity index (χ1v) is 9.79. The monoisotopic (exact) mass is 374 g/mol. The van der Waals surface area contributed by atoms with Gasteiger partial charge < -0.3 is 10.1 Å². The first-order valence-electron chi connectivity index (χ1n) is 8.97. The number of anilines is 1. The Morgan fingerprint density at radius 2 is 2.08 bits per heavy atom. The maximum Gasteiger partial charge on any atom is 0.223 e. The summed E-state index contributed by atoms with van der Waals surface area (Å²) in [6, 6.07) is 4.50. The largest absolute Gasteiger partial charge is 0.489 e. The van der Waals surface area contributed by atoms with Crippen LogP contribution in [0.4, 0.5) is 5.13 Å². The fourth-order valence-corrected chi connectivity index (χ4v) is 4.19. The molecule has 26 heavy (non-hydrogen) atoms. The number of hydrogen-bond donors (Lipinski definition) is 1. The normalized spacial score (nSPS) is 20.8. The predicted molar refractivity (Wildman–Crippen MR) is 104 cm³/mol. The van der Waals surface area contributed by atoms with Crippen LogP contribution in [0.3, 0.4) is 0 Å². The standard InChI is InChI=1S/C19H26N4O2S/c1-12-7-17(8-13(2)21-12)25-16-6-5-14(3)23(10-16)11-18-9-20-19(26-18)22-15(4)24/h7-9,14,16H,5-6,10-11H2,1-4H3,(H,20,22,24)/t14-,16+/m0/s1. The number of hydrogen-bond acceptors (Lipinski definition) is 6. The number of carbonyl (C=O) groups excluding carboxylic acids is 1. The van der Waals surface area contributed by atoms with Gasteiger partial charge in [0.1, 0.15) is 11.9 Å². The zero-order chi connectivity index (χ0) is 18.7. The van der Waals surface area contributed by atoms with Crippen LogP contribution in [-0.2, 0) is 11.3 Å². The zero-order valence-electron chi connectivity index (χ0n) is 15.8. The molecule has 0 aliphatic carbocycles. The highest BCUT2D eigenvalue weighted by Crippen LogP contribution is 2.26. The minimum Gasteiger partial charge on any atom is -0.489 e. The second-order valence-corrected chi connectivity index (χ2v) is 8.11. The summed E-state index contributed by atoms with van der Waals surface area (Å²) in [7, 11) is 0. The molecule has 0 bridgehead atoms. The van der Waals surface area contributed by atoms with Crippen LogP contribution in [-0.4, -0.2) is 39.5 Å². The minimum absolute atomic E-state index is 0.0892. The summed E-state index contributed by atoms with van der Waals surface area (Å²) in [6.07, 6.45) is 4.18. The lowest BCUT2D eigenvalue weighted by molar-refractivity contribution is -0.114. The lowest BCUT2D eigenvalue weighted by atomic mass is 10.0. The van der Waals surface area contributed by atoms with Crippen molar-refractivity contribution in [2.75, 3.05) is 11.9 Å². The number of carbonyl (C=O) groups is 1. The van der Waals surface area contributed by atoms with Crippen LogP contribution in [0.15, 0.2) is 18.3 Å². The Balaban J connectivity index is 1.62. The van der Waals surface area contributed by atoms with E-state index in [1.807, 2.05) is 32.2 Å². The molecule has 1 saturated heterocycles. The molecule has 1 fully saturated rings. The summed E-state index contributed by atoms with van der Waals surface area (Å²) in [5.74, 6) is 0.814. The fraction of sp³-hybridized carbons (Fsp3) is 0.526. The Kier molecular flexibility index (Phi) is 5.88. The van der Waals surface area contributed by atoms with Crippen molar-refractivity contribution in [3.05, 3.63) is 34.6 Å². The number of thiazole rings is 1. The maximum absolute atomic E-state index is 11.2. The molecule has 1 aliphatic heterocycles. The van der Waals surface area contributed by atoms with Gasteiger partial charge in [0.15, 0.2) is 5.13 Å². The number of ether oxygens (including phenoxy) is 1. The van der Waals surface area contributed by atoms with Crippen molar-refractivity contribution in [2.45, 2.75) is 59.2 Å². The molecule has 7 heteroatoms. The first-order chi connectivity index (χ1) is 12.4. The number of nitrogens with zero attached hydrogens (tertiary/aromatic N) is 3. The van der Waals surface area contributed by atoms with E-state index >= 15 is 0 Å². The molecule has 1 aliphatic rings. The Hall–Kier alpha value is -1.99. The maximum atomic E-state index is 11.2. The average Bonchev–Trinajstić information content (AvgIpc) is 2.96. The van der Waals surface area contributed by atoms with Gasteiger partial charge in [-0.3, -0.25) is 14.7 Å². The number of aryl methyl sites for hydroxylation is 2. The van der Waals surface area contributed by atoms with Gasteiger partial charge in [0.2, 0.25) is 5.91 Å². The van der Waals surface area contributed by atoms with Gasteiger partial charge in [-0.05, 0) is 33.6 Å². The van der Waals surface area contributed by atoms with Crippen molar-refractivity contribution < 1.29 is 9.53 Å². The fourth-order valence-electron chi connectivity index (χ4n) is 3.30. The number of likely N-dealkylation sites (tertiary alicyclic amines) is 1. The molecular weight excluding hydrogens is 348 g/mol. The van der Waals surface area contributed by atoms with Crippen LogP contribution in [0.25, 0.3) is 0 Å². The summed E-state index contributed by atoms with van der Waals surface area (Å²) in [4.78, 5) is 23.4. The van der Waals surface area contributed by atoms with E-state index in [2.05, 4.69) is 27.1 Å². The first kappa shape index (κ1) is 18.8. The molecular formula is C19H26N4O2S. The van der Waals surface area contributed by atoms with Crippen LogP contribution in [0.5, 0.6) is 5.75 Å². The van der Waals surface area contributed by atoms with E-state index in [0.29, 0.717) is 11.2 Å². The zero-order valence-corrected chi connectivity index (χ0v) is 16.6. The molecule has 140 valence electrons. The van der Waals surface area contributed by atoms with Gasteiger partial charge in [-0.1, -0.05) is 0 Å². The molecule has 0 aromatic carbocycles. The smallest absolute Gasteiger partial charge is 0.223 e. The van der Waals surface area contributed by atoms with Crippen LogP contribution in [0.2, 0.25) is 0 Å². The van der Waals surface area contributed by atoms with Gasteiger partial charge in [0, 0.05) is 60.6 Å². The topological polar surface area (TPSA) is 67.4 Å². The van der Waals surface area contributed by atoms with Crippen LogP contribution in [0.1, 0.15) is 43.0 Å². The van der Waals surface area contributed by atoms with Crippen molar-refractivity contribution in [3.63, 3.8) is 0 Å². The minimum atomic E-state index is -0.0892. The molecule has 1 amide bonds. The second kappa shape index (κ2) is 8.14. The van der Waals surface area contributed by atoms with E-state index in [4.69, 9.17) is 4.74 Å². The summed E-state index contributed by atoms with van der Waals surface area (Å²) >= 11 is 1.53. The van der Waals surface area contributed by atoms with Crippen LogP contribution in [0, 0.1) is 13.8 Å². The van der Waals surface area contributed by atoms with E-state index in [0.717, 1.165) is 47.9 Å². The molecule has 3 rings (SSSR count). The number of aromatic nitrogens is 2. The number of piperidine rings is 1. The SMILES string of the molecule is CC(=O)Nc1ncc(CN2C[C@H](Oc3cc(C)nc(C)c3)CC[C@@H]2C)s1. The van der Waals surface area contributed by atoms with Crippen LogP contribution >= 0.6 is 11.3 Å². The molecule has 0 saturated carbocycles. The molecule has 2 aromatic rings. The average molecular weight is 375 g/mol. The third-order valence-electron chi connectivity index (χ3n) is 4.52. The number of pyridine rings is 1. The second-order valence-electron chi connectivity index (χ2n) is 6.99. The third-order valence-corrected chi connectivity index (χ3v) is 5.42. The highest BCUT2D eigenvalue weighted by Gasteiger charge is 2.27. The van der Waals surface area contributed by atoms with Gasteiger partial charge in [0.05, 0.1) is 0 Å². The van der Waals surface area contributed by atoms with E-state index in [-0.39, 0.29) is 12.0 Å². The van der Waals surface area contributed by atoms with Gasteiger partial charge in [-0.25, -0.2) is 4.98 Å². The number of amides is 1. The molecule has 2 atom stereocenters. The predicted octanol–water partition coefficient (Wildman–Crippen LogP) is 3.55. The highest BCUT2D eigenvalue weighted by molar-refractivity contribution is 7.15. The van der Waals surface area contributed by atoms with Gasteiger partial charge in [-0.15, -0.1) is 11.3 Å². The highest BCUT2D eigenvalue weighted by atomic mass is 32.1. The van der Waals surface area contributed by atoms with Crippen molar-refractivity contribution in [1.29, 1.82) is 0 Å².